The van der Waals surface area contributed by atoms with Gasteiger partial charge in [-0.15, -0.1) is 0 Å². The Kier molecular flexibility index (Phi) is 37.9. The van der Waals surface area contributed by atoms with Gasteiger partial charge in [0, 0.05) is 29.9 Å². The summed E-state index contributed by atoms with van der Waals surface area (Å²) in [6.45, 7) is 20.9. The van der Waals surface area contributed by atoms with E-state index < -0.39 is 95.8 Å². The summed E-state index contributed by atoms with van der Waals surface area (Å²) in [4.78, 5) is 118. The molecule has 1 saturated carbocycles. The van der Waals surface area contributed by atoms with Crippen LogP contribution in [0.4, 0.5) is 0 Å². The van der Waals surface area contributed by atoms with E-state index in [1.54, 1.807) is 20.8 Å². The van der Waals surface area contributed by atoms with Crippen LogP contribution in [0.2, 0.25) is 0 Å². The van der Waals surface area contributed by atoms with Crippen LogP contribution in [0.15, 0.2) is 87.0 Å². The van der Waals surface area contributed by atoms with Crippen LogP contribution in [-0.2, 0) is 76.3 Å². The maximum absolute atomic E-state index is 11.9. The molecule has 0 aliphatic heterocycles. The molecule has 1 aromatic carbocycles. The first-order valence-corrected chi connectivity index (χ1v) is 21.3. The number of aliphatic carboxylic acids is 2. The lowest BCUT2D eigenvalue weighted by atomic mass is 9.79. The molecule has 0 bridgehead atoms. The molecule has 0 amide bonds. The van der Waals surface area contributed by atoms with Crippen molar-refractivity contribution in [2.75, 3.05) is 33.5 Å². The van der Waals surface area contributed by atoms with Crippen molar-refractivity contribution in [3.63, 3.8) is 0 Å². The zero-order chi connectivity index (χ0) is 55.1. The highest BCUT2D eigenvalue weighted by Crippen LogP contribution is 2.31. The minimum absolute atomic E-state index is 0.0821. The van der Waals surface area contributed by atoms with Crippen molar-refractivity contribution >= 4 is 65.7 Å². The number of carbonyl (C=O) groups excluding carboxylic acids is 7. The van der Waals surface area contributed by atoms with E-state index in [9.17, 15) is 57.8 Å². The molecule has 71 heavy (non-hydrogen) atoms. The molecule has 5 N–H and O–H groups in total. The van der Waals surface area contributed by atoms with E-state index in [1.807, 2.05) is 0 Å². The van der Waals surface area contributed by atoms with Gasteiger partial charge in [0.1, 0.15) is 32.0 Å². The van der Waals surface area contributed by atoms with Gasteiger partial charge < -0.3 is 58.7 Å². The molecule has 2 rings (SSSR count). The molecule has 394 valence electrons. The molecule has 1 aromatic rings. The molecular weight excluding hydrogens is 945 g/mol. The average Bonchev–Trinajstić information content (AvgIpc) is 3.34. The van der Waals surface area contributed by atoms with Crippen molar-refractivity contribution in [1.29, 1.82) is 0 Å². The first-order chi connectivity index (χ1) is 33.3. The normalized spacial score (nSPS) is 14.0. The molecule has 0 spiro atoms. The molecule has 1 aliphatic carbocycles. The summed E-state index contributed by atoms with van der Waals surface area (Å²) in [7, 11) is 1.31. The van der Waals surface area contributed by atoms with Gasteiger partial charge in [0.15, 0.2) is 0 Å². The second-order valence-electron chi connectivity index (χ2n) is 14.4. The average molecular weight is 1010 g/mol. The Labute approximate surface area is 410 Å². The molecule has 0 heterocycles. The van der Waals surface area contributed by atoms with Crippen LogP contribution >= 0.6 is 0 Å². The Morgan fingerprint density at radius 1 is 0.648 bits per heavy atom. The molecule has 1 fully saturated rings. The fourth-order valence-electron chi connectivity index (χ4n) is 4.93. The van der Waals surface area contributed by atoms with Crippen molar-refractivity contribution in [2.45, 2.75) is 90.4 Å². The first-order valence-electron chi connectivity index (χ1n) is 21.3. The maximum atomic E-state index is 11.9. The zero-order valence-electron chi connectivity index (χ0n) is 40.1. The van der Waals surface area contributed by atoms with E-state index in [-0.39, 0.29) is 50.4 Å². The first kappa shape index (κ1) is 67.3. The molecule has 0 aromatic heterocycles. The van der Waals surface area contributed by atoms with Gasteiger partial charge in [0.2, 0.25) is 0 Å². The van der Waals surface area contributed by atoms with Gasteiger partial charge in [-0.2, -0.15) is 0 Å². The number of rotatable bonds is 24. The van der Waals surface area contributed by atoms with Crippen molar-refractivity contribution in [3.8, 4) is 0 Å². The van der Waals surface area contributed by atoms with E-state index >= 15 is 0 Å². The number of carboxylic acid groups (broad SMARTS) is 4. The summed E-state index contributed by atoms with van der Waals surface area (Å²) < 4.78 is 32.9. The highest BCUT2D eigenvalue weighted by molar-refractivity contribution is 6.01. The third-order valence-electron chi connectivity index (χ3n) is 8.44. The van der Waals surface area contributed by atoms with Crippen LogP contribution in [0, 0.1) is 11.8 Å². The second kappa shape index (κ2) is 40.0. The summed E-state index contributed by atoms with van der Waals surface area (Å²) in [6, 6.07) is 5.48. The number of aliphatic hydroxyl groups excluding tert-OH is 1. The zero-order valence-corrected chi connectivity index (χ0v) is 40.1. The minimum atomic E-state index is -1.23. The molecule has 1 aliphatic rings. The lowest BCUT2D eigenvalue weighted by Gasteiger charge is -2.27. The minimum Gasteiger partial charge on any atom is -0.481 e. The summed E-state index contributed by atoms with van der Waals surface area (Å²) in [5, 5.41) is 43.9. The molecule has 23 heteroatoms. The van der Waals surface area contributed by atoms with Crippen LogP contribution < -0.4 is 0 Å². The van der Waals surface area contributed by atoms with E-state index in [0.29, 0.717) is 31.3 Å². The monoisotopic (exact) mass is 1010 g/mol. The molecule has 23 nitrogen and oxygen atoms in total. The largest absolute Gasteiger partial charge is 0.481 e. The Bertz CT molecular complexity index is 1950. The molecule has 5 unspecified atom stereocenters. The van der Waals surface area contributed by atoms with Crippen LogP contribution in [-0.4, -0.2) is 143 Å². The van der Waals surface area contributed by atoms with E-state index in [0.717, 1.165) is 37.1 Å². The van der Waals surface area contributed by atoms with Crippen molar-refractivity contribution in [3.05, 3.63) is 98.2 Å². The summed E-state index contributed by atoms with van der Waals surface area (Å²) in [5.74, 6) is -9.54. The van der Waals surface area contributed by atoms with Crippen LogP contribution in [0.25, 0.3) is 0 Å². The number of hydrogen-bond donors (Lipinski definition) is 5. The predicted octanol–water partition coefficient (Wildman–Crippen LogP) is 4.45. The lowest BCUT2D eigenvalue weighted by molar-refractivity contribution is -0.164. The molecule has 0 saturated heterocycles. The number of ether oxygens (including phenoxy) is 7. The molecule has 5 atom stereocenters. The fourth-order valence-corrected chi connectivity index (χ4v) is 4.93. The number of hydrogen-bond acceptors (Lipinski definition) is 19. The van der Waals surface area contributed by atoms with Crippen molar-refractivity contribution in [2.24, 2.45) is 11.8 Å². The number of benzene rings is 1. The number of methoxy groups -OCH3 is 1. The van der Waals surface area contributed by atoms with Crippen LogP contribution in [0.5, 0.6) is 0 Å². The smallest absolute Gasteiger partial charge is 0.336 e. The Balaban J connectivity index is -0.000000844. The van der Waals surface area contributed by atoms with Gasteiger partial charge in [-0.05, 0) is 58.6 Å². The topological polar surface area (TPSA) is 354 Å². The number of aromatic carboxylic acids is 2. The van der Waals surface area contributed by atoms with E-state index in [2.05, 4.69) is 47.1 Å². The lowest BCUT2D eigenvalue weighted by Crippen LogP contribution is -2.35. The highest BCUT2D eigenvalue weighted by atomic mass is 16.6. The highest BCUT2D eigenvalue weighted by Gasteiger charge is 2.37. The maximum Gasteiger partial charge on any atom is 0.336 e. The Morgan fingerprint density at radius 3 is 1.51 bits per heavy atom. The van der Waals surface area contributed by atoms with Gasteiger partial charge in [0.25, 0.3) is 0 Å². The number of carbonyl (C=O) groups is 11. The second-order valence-corrected chi connectivity index (χ2v) is 14.4. The van der Waals surface area contributed by atoms with Gasteiger partial charge in [0.05, 0.1) is 55.6 Å². The Hall–Kier alpha value is -7.95. The summed E-state index contributed by atoms with van der Waals surface area (Å²) in [6.07, 6.45) is 5.30. The third-order valence-corrected chi connectivity index (χ3v) is 8.44. The van der Waals surface area contributed by atoms with Gasteiger partial charge >= 0.3 is 65.7 Å². The number of carboxylic acids is 4. The van der Waals surface area contributed by atoms with Crippen molar-refractivity contribution in [1.82, 2.24) is 0 Å². The Morgan fingerprint density at radius 2 is 1.11 bits per heavy atom. The fraction of sp³-hybridized carbons (Fsp3) is 0.438. The third kappa shape index (κ3) is 35.8. The number of esters is 7. The van der Waals surface area contributed by atoms with E-state index in [1.165, 1.54) is 31.4 Å². The molecular formula is C48H64O23. The van der Waals surface area contributed by atoms with Gasteiger partial charge in [-0.3, -0.25) is 19.2 Å². The van der Waals surface area contributed by atoms with Crippen LogP contribution in [0.3, 0.4) is 0 Å². The van der Waals surface area contributed by atoms with Crippen LogP contribution in [0.1, 0.15) is 92.9 Å². The standard InChI is InChI=1S/C14H20O6.C12H18O5.C10H14O6.C8H6O4.C4H6O2/c1-3-12(15)20-9(2)8-19-14(18)11-7-5-4-6-10(11)13(16)17;1-4-11(14)17-8-10(13)6-5-7-16-12(15)9(2)3;1-3-9(13)16-7(2)6-15-10(14)5-4-8(11)12;9-7(10)5-3-1-2-4-6(5)8(11)12;1-3-4(5)6-2/h3,9-11H,1,4-8H2,2H3,(H,16,17);4,10,13H,1-2,5-8H2,3H3;3,7H,1,4-6H2,2H3,(H,11,12);1-4H,(H,9,10)(H,11,12);3H,1H2,2H3. The summed E-state index contributed by atoms with van der Waals surface area (Å²) in [5.41, 5.74) is -0.0412. The molecule has 0 radical (unpaired) electrons. The quantitative estimate of drug-likeness (QED) is 0.0413. The van der Waals surface area contributed by atoms with Gasteiger partial charge in [-0.1, -0.05) is 57.9 Å². The van der Waals surface area contributed by atoms with E-state index in [4.69, 9.17) is 39.4 Å². The van der Waals surface area contributed by atoms with Crippen molar-refractivity contribution < 1.29 is 111 Å². The SMILES string of the molecule is C=CC(=O)OC.C=CC(=O)OC(C)COC(=O)C1CCCCC1C(=O)O.C=CC(=O)OC(C)COC(=O)CCC(=O)O.C=CC(=O)OCC(O)CCCOC(=O)C(=C)C.O=C(O)c1ccccc1C(=O)O. The predicted molar refractivity (Wildman–Crippen MR) is 248 cm³/mol. The summed E-state index contributed by atoms with van der Waals surface area (Å²) >= 11 is 0. The van der Waals surface area contributed by atoms with Gasteiger partial charge in [-0.25, -0.2) is 33.6 Å². The number of aliphatic hydroxyl groups is 1.